The first-order valence-electron chi connectivity index (χ1n) is 3.67. The molecule has 7 heteroatoms. The fraction of sp³-hybridized carbons (Fsp3) is 0.500. The van der Waals surface area contributed by atoms with Crippen LogP contribution >= 0.6 is 19.4 Å². The average molecular weight is 221 g/mol. The van der Waals surface area contributed by atoms with Gasteiger partial charge in [-0.2, -0.15) is 0 Å². The smallest absolute Gasteiger partial charge is 0.324 e. The Morgan fingerprint density at radius 2 is 2.31 bits per heavy atom. The van der Waals surface area contributed by atoms with E-state index >= 15 is 0 Å². The average Bonchev–Trinajstić information content (AvgIpc) is 2.00. The number of hydrogen-bond donors (Lipinski definition) is 2. The minimum absolute atomic E-state index is 0.363. The molecule has 2 N–H and O–H groups in total. The first-order chi connectivity index (χ1) is 6.02. The molecule has 72 valence electrons. The number of carbonyl (C=O) groups excluding carboxylic acids is 1. The summed E-state index contributed by atoms with van der Waals surface area (Å²) in [7, 11) is -4.26. The van der Waals surface area contributed by atoms with Crippen molar-refractivity contribution < 1.29 is 19.1 Å². The maximum atomic E-state index is 11.2. The monoisotopic (exact) mass is 221 g/mol. The Morgan fingerprint density at radius 3 is 2.92 bits per heavy atom. The zero-order valence-electron chi connectivity index (χ0n) is 6.53. The van der Waals surface area contributed by atoms with Crippen LogP contribution in [0, 0.1) is 0 Å². The van der Waals surface area contributed by atoms with Crippen molar-refractivity contribution >= 4 is 25.3 Å². The van der Waals surface area contributed by atoms with Crippen LogP contribution in [0.5, 0.6) is 0 Å². The first-order valence-corrected chi connectivity index (χ1v) is 6.40. The van der Waals surface area contributed by atoms with Crippen LogP contribution in [0.25, 0.3) is 0 Å². The third kappa shape index (κ3) is 1.34. The predicted octanol–water partition coefficient (Wildman–Crippen LogP) is -0.0385. The highest BCUT2D eigenvalue weighted by Gasteiger charge is 2.56. The van der Waals surface area contributed by atoms with E-state index in [1.54, 1.807) is 12.3 Å². The van der Waals surface area contributed by atoms with E-state index < -0.39 is 19.2 Å². The Hall–Kier alpha value is -0.290. The quantitative estimate of drug-likeness (QED) is 0.480. The van der Waals surface area contributed by atoms with E-state index in [0.29, 0.717) is 5.75 Å². The van der Waals surface area contributed by atoms with Crippen molar-refractivity contribution in [1.29, 1.82) is 0 Å². The molecule has 0 radical (unpaired) electrons. The van der Waals surface area contributed by atoms with Gasteiger partial charge in [-0.05, 0) is 0 Å². The van der Waals surface area contributed by atoms with Crippen LogP contribution in [0.2, 0.25) is 0 Å². The van der Waals surface area contributed by atoms with Gasteiger partial charge in [-0.1, -0.05) is 6.08 Å². The van der Waals surface area contributed by atoms with E-state index in [2.05, 4.69) is 0 Å². The third-order valence-corrected chi connectivity index (χ3v) is 4.70. The minimum atomic E-state index is -4.26. The Labute approximate surface area is 79.0 Å². The summed E-state index contributed by atoms with van der Waals surface area (Å²) in [6, 6.07) is 0. The number of carbonyl (C=O) groups is 1. The number of rotatable bonds is 1. The van der Waals surface area contributed by atoms with Gasteiger partial charge >= 0.3 is 7.60 Å². The highest BCUT2D eigenvalue weighted by Crippen LogP contribution is 2.53. The molecule has 0 aromatic carbocycles. The van der Waals surface area contributed by atoms with Crippen molar-refractivity contribution in [1.82, 2.24) is 4.90 Å². The van der Waals surface area contributed by atoms with Crippen molar-refractivity contribution in [2.75, 3.05) is 5.75 Å². The van der Waals surface area contributed by atoms with Crippen LogP contribution in [-0.2, 0) is 9.36 Å². The van der Waals surface area contributed by atoms with Crippen molar-refractivity contribution in [3.8, 4) is 0 Å². The minimum Gasteiger partial charge on any atom is -0.324 e. The van der Waals surface area contributed by atoms with Gasteiger partial charge in [0.1, 0.15) is 5.37 Å². The summed E-state index contributed by atoms with van der Waals surface area (Å²) in [5.74, 6) is 0.229. The van der Waals surface area contributed by atoms with Crippen LogP contribution in [-0.4, -0.2) is 37.4 Å². The summed E-state index contributed by atoms with van der Waals surface area (Å²) in [6.07, 6.45) is 3.39. The zero-order chi connectivity index (χ0) is 9.64. The lowest BCUT2D eigenvalue weighted by molar-refractivity contribution is -0.137. The Balaban J connectivity index is 2.23. The van der Waals surface area contributed by atoms with Gasteiger partial charge in [0.05, 0.1) is 0 Å². The molecule has 5 nitrogen and oxygen atoms in total. The van der Waals surface area contributed by atoms with Gasteiger partial charge < -0.3 is 14.7 Å². The first kappa shape index (κ1) is 9.27. The van der Waals surface area contributed by atoms with Crippen LogP contribution in [0.15, 0.2) is 12.3 Å². The Morgan fingerprint density at radius 1 is 1.62 bits per heavy atom. The second kappa shape index (κ2) is 2.85. The molecule has 2 atom stereocenters. The highest BCUT2D eigenvalue weighted by molar-refractivity contribution is 8.00. The fourth-order valence-corrected chi connectivity index (χ4v) is 4.08. The van der Waals surface area contributed by atoms with Crippen molar-refractivity contribution in [3.05, 3.63) is 12.3 Å². The molecule has 2 rings (SSSR count). The van der Waals surface area contributed by atoms with Gasteiger partial charge in [0.25, 0.3) is 0 Å². The second-order valence-electron chi connectivity index (χ2n) is 2.89. The van der Waals surface area contributed by atoms with Crippen LogP contribution in [0.1, 0.15) is 0 Å². The van der Waals surface area contributed by atoms with Gasteiger partial charge in [-0.3, -0.25) is 9.36 Å². The number of amides is 1. The largest absolute Gasteiger partial charge is 0.341 e. The normalized spacial score (nSPS) is 32.8. The lowest BCUT2D eigenvalue weighted by Gasteiger charge is -2.45. The van der Waals surface area contributed by atoms with E-state index in [1.807, 2.05) is 0 Å². The molecule has 0 bridgehead atoms. The molecule has 0 spiro atoms. The molecule has 1 fully saturated rings. The molecule has 2 aliphatic heterocycles. The van der Waals surface area contributed by atoms with E-state index in [4.69, 9.17) is 9.79 Å². The maximum absolute atomic E-state index is 11.2. The van der Waals surface area contributed by atoms with Gasteiger partial charge in [-0.15, -0.1) is 11.8 Å². The third-order valence-electron chi connectivity index (χ3n) is 2.04. The van der Waals surface area contributed by atoms with E-state index in [0.717, 1.165) is 0 Å². The molecule has 1 amide bonds. The lowest BCUT2D eigenvalue weighted by atomic mass is 10.2. The van der Waals surface area contributed by atoms with Gasteiger partial charge in [-0.25, -0.2) is 0 Å². The molecule has 13 heavy (non-hydrogen) atoms. The SMILES string of the molecule is O=C1C(P(=O)(O)O)[C@@H]2SCC=CN12. The molecule has 2 heterocycles. The molecular formula is C6H8NO4PS. The molecular weight excluding hydrogens is 213 g/mol. The number of thioether (sulfide) groups is 1. The number of nitrogens with zero attached hydrogens (tertiary/aromatic N) is 1. The molecule has 0 aromatic rings. The number of hydrogen-bond acceptors (Lipinski definition) is 3. The van der Waals surface area contributed by atoms with Gasteiger partial charge in [0.2, 0.25) is 5.91 Å². The summed E-state index contributed by atoms with van der Waals surface area (Å²) in [5.41, 5.74) is -1.12. The Bertz CT molecular complexity index is 325. The van der Waals surface area contributed by atoms with Crippen molar-refractivity contribution in [2.24, 2.45) is 0 Å². The van der Waals surface area contributed by atoms with Gasteiger partial charge in [0.15, 0.2) is 5.66 Å². The van der Waals surface area contributed by atoms with E-state index in [9.17, 15) is 9.36 Å². The lowest BCUT2D eigenvalue weighted by Crippen LogP contribution is -2.61. The summed E-state index contributed by atoms with van der Waals surface area (Å²) < 4.78 is 10.9. The molecule has 1 saturated heterocycles. The van der Waals surface area contributed by atoms with Crippen LogP contribution in [0.3, 0.4) is 0 Å². The van der Waals surface area contributed by atoms with Crippen LogP contribution < -0.4 is 0 Å². The summed E-state index contributed by atoms with van der Waals surface area (Å²) >= 11 is 1.38. The van der Waals surface area contributed by atoms with Crippen molar-refractivity contribution in [2.45, 2.75) is 11.0 Å². The van der Waals surface area contributed by atoms with Gasteiger partial charge in [0, 0.05) is 12.0 Å². The van der Waals surface area contributed by atoms with Crippen LogP contribution in [0.4, 0.5) is 0 Å². The topological polar surface area (TPSA) is 77.8 Å². The molecule has 1 unspecified atom stereocenters. The highest BCUT2D eigenvalue weighted by atomic mass is 32.2. The fourth-order valence-electron chi connectivity index (χ4n) is 1.42. The second-order valence-corrected chi connectivity index (χ2v) is 5.77. The molecule has 0 aliphatic carbocycles. The summed E-state index contributed by atoms with van der Waals surface area (Å²) in [6.45, 7) is 0. The Kier molecular flexibility index (Phi) is 2.03. The molecule has 0 saturated carbocycles. The van der Waals surface area contributed by atoms with Crippen molar-refractivity contribution in [3.63, 3.8) is 0 Å². The summed E-state index contributed by atoms with van der Waals surface area (Å²) in [4.78, 5) is 30.3. The molecule has 0 aromatic heterocycles. The standard InChI is InChI=1S/C6H8NO4PS/c8-5-4(12(9,10)11)6-7(5)2-1-3-13-6/h1-2,4,6H,3H2,(H2,9,10,11)/t4?,6-/m0/s1. The van der Waals surface area contributed by atoms with E-state index in [1.165, 1.54) is 16.7 Å². The number of β-lactam (4-membered cyclic amide) rings is 1. The predicted molar refractivity (Wildman–Crippen MR) is 48.1 cm³/mol. The number of fused-ring (bicyclic) bond motifs is 1. The molecule has 2 aliphatic rings. The zero-order valence-corrected chi connectivity index (χ0v) is 8.24. The van der Waals surface area contributed by atoms with E-state index in [-0.39, 0.29) is 5.37 Å². The maximum Gasteiger partial charge on any atom is 0.341 e. The summed E-state index contributed by atoms with van der Waals surface area (Å²) in [5, 5.41) is -0.363.